The van der Waals surface area contributed by atoms with Gasteiger partial charge in [0.2, 0.25) is 0 Å². The highest BCUT2D eigenvalue weighted by atomic mass is 35.5. The number of halogens is 1. The minimum absolute atomic E-state index is 0.630. The van der Waals surface area contributed by atoms with E-state index in [2.05, 4.69) is 37.4 Å². The van der Waals surface area contributed by atoms with Crippen molar-refractivity contribution in [1.82, 2.24) is 5.32 Å². The van der Waals surface area contributed by atoms with Gasteiger partial charge in [-0.05, 0) is 49.9 Å². The third kappa shape index (κ3) is 4.15. The maximum Gasteiger partial charge on any atom is 0.0437 e. The van der Waals surface area contributed by atoms with E-state index < -0.39 is 0 Å². The molecule has 0 spiro atoms. The summed E-state index contributed by atoms with van der Waals surface area (Å²) in [6, 6.07) is 7.01. The van der Waals surface area contributed by atoms with E-state index in [0.717, 1.165) is 23.6 Å². The van der Waals surface area contributed by atoms with Gasteiger partial charge in [0.1, 0.15) is 0 Å². The van der Waals surface area contributed by atoms with Crippen LogP contribution in [0.3, 0.4) is 0 Å². The van der Waals surface area contributed by atoms with Crippen LogP contribution in [0, 0.1) is 6.92 Å². The summed E-state index contributed by atoms with van der Waals surface area (Å²) >= 11 is 6.11. The summed E-state index contributed by atoms with van der Waals surface area (Å²) < 4.78 is 0. The van der Waals surface area contributed by atoms with Crippen molar-refractivity contribution in [2.24, 2.45) is 0 Å². The van der Waals surface area contributed by atoms with Gasteiger partial charge in [0.15, 0.2) is 0 Å². The maximum absolute atomic E-state index is 6.11. The molecule has 16 heavy (non-hydrogen) atoms. The molecule has 0 aromatic heterocycles. The van der Waals surface area contributed by atoms with Crippen molar-refractivity contribution in [2.45, 2.75) is 46.1 Å². The molecule has 1 unspecified atom stereocenters. The van der Waals surface area contributed by atoms with Crippen LogP contribution >= 0.6 is 11.6 Å². The van der Waals surface area contributed by atoms with Crippen LogP contribution in [0.5, 0.6) is 0 Å². The molecule has 1 aromatic carbocycles. The number of benzene rings is 1. The lowest BCUT2D eigenvalue weighted by Crippen LogP contribution is -2.28. The van der Waals surface area contributed by atoms with Crippen LogP contribution in [0.4, 0.5) is 0 Å². The van der Waals surface area contributed by atoms with E-state index in [0.29, 0.717) is 6.04 Å². The first-order valence-electron chi connectivity index (χ1n) is 6.15. The molecule has 1 atom stereocenters. The molecule has 0 radical (unpaired) electrons. The molecule has 0 heterocycles. The number of hydrogen-bond acceptors (Lipinski definition) is 1. The van der Waals surface area contributed by atoms with Gasteiger partial charge in [-0.3, -0.25) is 0 Å². The molecule has 0 bridgehead atoms. The molecule has 90 valence electrons. The van der Waals surface area contributed by atoms with E-state index in [9.17, 15) is 0 Å². The fourth-order valence-corrected chi connectivity index (χ4v) is 2.08. The highest BCUT2D eigenvalue weighted by molar-refractivity contribution is 6.31. The molecule has 0 aliphatic carbocycles. The molecule has 1 N–H and O–H groups in total. The Morgan fingerprint density at radius 1 is 1.31 bits per heavy atom. The second kappa shape index (κ2) is 6.93. The van der Waals surface area contributed by atoms with Gasteiger partial charge in [0.05, 0.1) is 0 Å². The summed E-state index contributed by atoms with van der Waals surface area (Å²) in [7, 11) is 0. The van der Waals surface area contributed by atoms with Gasteiger partial charge in [0, 0.05) is 11.1 Å². The summed E-state index contributed by atoms with van der Waals surface area (Å²) in [4.78, 5) is 0. The Labute approximate surface area is 104 Å². The smallest absolute Gasteiger partial charge is 0.0437 e. The average Bonchev–Trinajstić information content (AvgIpc) is 2.28. The second-order valence-electron chi connectivity index (χ2n) is 4.29. The Bertz CT molecular complexity index is 323. The molecule has 0 aliphatic rings. The van der Waals surface area contributed by atoms with Crippen LogP contribution < -0.4 is 5.32 Å². The van der Waals surface area contributed by atoms with E-state index >= 15 is 0 Å². The summed E-state index contributed by atoms with van der Waals surface area (Å²) in [5.74, 6) is 0. The molecular weight excluding hydrogens is 218 g/mol. The second-order valence-corrected chi connectivity index (χ2v) is 4.69. The van der Waals surface area contributed by atoms with Gasteiger partial charge in [-0.1, -0.05) is 37.6 Å². The van der Waals surface area contributed by atoms with Crippen molar-refractivity contribution in [3.05, 3.63) is 34.3 Å². The highest BCUT2D eigenvalue weighted by Gasteiger charge is 2.05. The van der Waals surface area contributed by atoms with Gasteiger partial charge >= 0.3 is 0 Å². The van der Waals surface area contributed by atoms with Crippen LogP contribution in [0.2, 0.25) is 5.02 Å². The number of rotatable bonds is 6. The Morgan fingerprint density at radius 2 is 2.06 bits per heavy atom. The van der Waals surface area contributed by atoms with Crippen molar-refractivity contribution in [3.8, 4) is 0 Å². The third-order valence-electron chi connectivity index (χ3n) is 3.00. The zero-order valence-corrected chi connectivity index (χ0v) is 11.3. The molecule has 0 saturated carbocycles. The predicted molar refractivity (Wildman–Crippen MR) is 72.3 cm³/mol. The molecule has 0 amide bonds. The van der Waals surface area contributed by atoms with Crippen molar-refractivity contribution in [1.29, 1.82) is 0 Å². The zero-order chi connectivity index (χ0) is 12.0. The zero-order valence-electron chi connectivity index (χ0n) is 10.5. The first-order valence-corrected chi connectivity index (χ1v) is 6.53. The molecule has 0 saturated heterocycles. The molecule has 0 fully saturated rings. The summed E-state index contributed by atoms with van der Waals surface area (Å²) in [5.41, 5.74) is 2.50. The predicted octanol–water partition coefficient (Wildman–Crippen LogP) is 3.97. The maximum atomic E-state index is 6.11. The minimum Gasteiger partial charge on any atom is -0.314 e. The van der Waals surface area contributed by atoms with Crippen molar-refractivity contribution in [3.63, 3.8) is 0 Å². The average molecular weight is 240 g/mol. The Kier molecular flexibility index (Phi) is 5.86. The number of hydrogen-bond donors (Lipinski definition) is 1. The lowest BCUT2D eigenvalue weighted by Gasteiger charge is -2.15. The van der Waals surface area contributed by atoms with E-state index in [1.165, 1.54) is 18.4 Å². The third-order valence-corrected chi connectivity index (χ3v) is 3.41. The van der Waals surface area contributed by atoms with Crippen molar-refractivity contribution >= 4 is 11.6 Å². The quantitative estimate of drug-likeness (QED) is 0.792. The minimum atomic E-state index is 0.630. The normalized spacial score (nSPS) is 12.8. The van der Waals surface area contributed by atoms with Crippen LogP contribution in [-0.2, 0) is 6.42 Å². The molecule has 1 rings (SSSR count). The number of nitrogens with one attached hydrogen (secondary N) is 1. The lowest BCUT2D eigenvalue weighted by atomic mass is 10.0. The van der Waals surface area contributed by atoms with E-state index in [1.807, 2.05) is 6.92 Å². The molecule has 0 aliphatic heterocycles. The first-order chi connectivity index (χ1) is 7.67. The Hall–Kier alpha value is -0.530. The summed E-state index contributed by atoms with van der Waals surface area (Å²) in [6.45, 7) is 7.48. The van der Waals surface area contributed by atoms with Crippen LogP contribution in [-0.4, -0.2) is 12.6 Å². The summed E-state index contributed by atoms with van der Waals surface area (Å²) in [6.07, 6.45) is 3.47. The molecule has 1 aromatic rings. The van der Waals surface area contributed by atoms with Gasteiger partial charge < -0.3 is 5.32 Å². The van der Waals surface area contributed by atoms with Crippen molar-refractivity contribution < 1.29 is 0 Å². The van der Waals surface area contributed by atoms with Gasteiger partial charge in [-0.15, -0.1) is 0 Å². The van der Waals surface area contributed by atoms with Gasteiger partial charge in [-0.25, -0.2) is 0 Å². The van der Waals surface area contributed by atoms with E-state index in [1.54, 1.807) is 0 Å². The summed E-state index contributed by atoms with van der Waals surface area (Å²) in [5, 5.41) is 4.38. The standard InChI is InChI=1S/C14H22ClN/c1-4-13(16-5-2)9-8-12-7-6-11(3)14(15)10-12/h6-7,10,13,16H,4-5,8-9H2,1-3H3. The molecule has 1 nitrogen and oxygen atoms in total. The fourth-order valence-electron chi connectivity index (χ4n) is 1.87. The Balaban J connectivity index is 2.50. The number of aryl methyl sites for hydroxylation is 2. The van der Waals surface area contributed by atoms with Crippen molar-refractivity contribution in [2.75, 3.05) is 6.54 Å². The van der Waals surface area contributed by atoms with Crippen LogP contribution in [0.15, 0.2) is 18.2 Å². The SMILES string of the molecule is CCNC(CC)CCc1ccc(C)c(Cl)c1. The van der Waals surface area contributed by atoms with Crippen LogP contribution in [0.25, 0.3) is 0 Å². The van der Waals surface area contributed by atoms with E-state index in [-0.39, 0.29) is 0 Å². The molecule has 2 heteroatoms. The fraction of sp³-hybridized carbons (Fsp3) is 0.571. The largest absolute Gasteiger partial charge is 0.314 e. The van der Waals surface area contributed by atoms with Gasteiger partial charge in [-0.2, -0.15) is 0 Å². The highest BCUT2D eigenvalue weighted by Crippen LogP contribution is 2.18. The first kappa shape index (κ1) is 13.5. The van der Waals surface area contributed by atoms with Gasteiger partial charge in [0.25, 0.3) is 0 Å². The lowest BCUT2D eigenvalue weighted by molar-refractivity contribution is 0.481. The monoisotopic (exact) mass is 239 g/mol. The van der Waals surface area contributed by atoms with Crippen LogP contribution in [0.1, 0.15) is 37.8 Å². The van der Waals surface area contributed by atoms with E-state index in [4.69, 9.17) is 11.6 Å². The Morgan fingerprint density at radius 3 is 2.62 bits per heavy atom. The molecular formula is C14H22ClN. The topological polar surface area (TPSA) is 12.0 Å².